The molecule has 0 fully saturated rings. The van der Waals surface area contributed by atoms with Crippen LogP contribution in [-0.2, 0) is 0 Å². The van der Waals surface area contributed by atoms with E-state index < -0.39 is 0 Å². The van der Waals surface area contributed by atoms with Gasteiger partial charge in [-0.05, 0) is 22.0 Å². The molecule has 2 rings (SSSR count). The van der Waals surface area contributed by atoms with Crippen molar-refractivity contribution in [3.8, 4) is 0 Å². The average Bonchev–Trinajstić information content (AvgIpc) is 2.47. The minimum Gasteiger partial charge on any atom is -0.302 e. The number of aromatic nitrogens is 3. The van der Waals surface area contributed by atoms with Gasteiger partial charge in [0.25, 0.3) is 0 Å². The zero-order valence-corrected chi connectivity index (χ0v) is 10.8. The van der Waals surface area contributed by atoms with Crippen LogP contribution >= 0.6 is 51.6 Å². The van der Waals surface area contributed by atoms with Crippen LogP contribution in [0.5, 0.6) is 0 Å². The van der Waals surface area contributed by atoms with E-state index in [0.29, 0.717) is 22.2 Å². The first kappa shape index (κ1) is 9.90. The van der Waals surface area contributed by atoms with Crippen LogP contribution in [0, 0.1) is 0 Å². The van der Waals surface area contributed by atoms with Gasteiger partial charge in [0.2, 0.25) is 0 Å². The monoisotopic (exact) mass is 345 g/mol. The minimum atomic E-state index is 0.357. The Morgan fingerprint density at radius 1 is 1.46 bits per heavy atom. The smallest absolute Gasteiger partial charge is 0.158 e. The lowest BCUT2D eigenvalue weighted by molar-refractivity contribution is 1.27. The number of hydrogen-bond donors (Lipinski definition) is 0. The van der Waals surface area contributed by atoms with Crippen LogP contribution in [0.25, 0.3) is 11.0 Å². The van der Waals surface area contributed by atoms with Gasteiger partial charge in [-0.1, -0.05) is 23.2 Å². The molecular formula is C6H3Cl2IN3P. The van der Waals surface area contributed by atoms with Crippen molar-refractivity contribution in [1.82, 2.24) is 14.3 Å². The lowest BCUT2D eigenvalue weighted by Gasteiger charge is -1.98. The second kappa shape index (κ2) is 3.85. The Morgan fingerprint density at radius 3 is 2.92 bits per heavy atom. The standard InChI is InChI=1S/C6H3Cl2IN3P/c7-4-1-3-5(6(8)11-4)10-2-12(3)13-9/h1-2,13H. The van der Waals surface area contributed by atoms with Gasteiger partial charge in [-0.3, -0.25) is 0 Å². The maximum absolute atomic E-state index is 5.86. The zero-order chi connectivity index (χ0) is 9.42. The number of pyridine rings is 1. The fourth-order valence-electron chi connectivity index (χ4n) is 1.01. The number of rotatable bonds is 1. The molecule has 0 aliphatic heterocycles. The third-order valence-electron chi connectivity index (χ3n) is 1.55. The summed E-state index contributed by atoms with van der Waals surface area (Å²) in [5, 5.41) is 0.754. The second-order valence-electron chi connectivity index (χ2n) is 2.30. The molecule has 13 heavy (non-hydrogen) atoms. The summed E-state index contributed by atoms with van der Waals surface area (Å²) in [5.74, 6) is 0. The second-order valence-corrected chi connectivity index (χ2v) is 5.15. The molecule has 0 saturated heterocycles. The number of nitrogens with zero attached hydrogens (tertiary/aromatic N) is 3. The van der Waals surface area contributed by atoms with E-state index in [1.165, 1.54) is 0 Å². The molecule has 0 bridgehead atoms. The Bertz CT molecular complexity index is 458. The highest BCUT2D eigenvalue weighted by molar-refractivity contribution is 14.2. The third-order valence-corrected chi connectivity index (χ3v) is 4.11. The quantitative estimate of drug-likeness (QED) is 0.449. The minimum absolute atomic E-state index is 0.357. The van der Waals surface area contributed by atoms with E-state index in [1.54, 1.807) is 12.4 Å². The molecule has 7 heteroatoms. The Labute approximate surface area is 99.2 Å². The van der Waals surface area contributed by atoms with Crippen molar-refractivity contribution in [3.63, 3.8) is 0 Å². The third kappa shape index (κ3) is 1.77. The summed E-state index contributed by atoms with van der Waals surface area (Å²) in [7, 11) is 0. The molecule has 0 amide bonds. The van der Waals surface area contributed by atoms with Crippen LogP contribution in [-0.4, -0.2) is 14.3 Å². The molecule has 1 unspecified atom stereocenters. The number of hydrogen-bond acceptors (Lipinski definition) is 2. The molecule has 2 aromatic heterocycles. The molecule has 0 aliphatic rings. The molecule has 0 radical (unpaired) electrons. The van der Waals surface area contributed by atoms with Crippen molar-refractivity contribution in [2.45, 2.75) is 0 Å². The predicted molar refractivity (Wildman–Crippen MR) is 65.3 cm³/mol. The first-order valence-corrected chi connectivity index (χ1v) is 8.10. The maximum atomic E-state index is 5.86. The van der Waals surface area contributed by atoms with Crippen molar-refractivity contribution in [2.24, 2.45) is 0 Å². The topological polar surface area (TPSA) is 30.7 Å². The molecule has 0 aliphatic carbocycles. The van der Waals surface area contributed by atoms with Crippen molar-refractivity contribution in [1.29, 1.82) is 0 Å². The summed E-state index contributed by atoms with van der Waals surface area (Å²) >= 11 is 13.9. The number of imidazole rings is 1. The predicted octanol–water partition coefficient (Wildman–Crippen LogP) is 3.53. The lowest BCUT2D eigenvalue weighted by Crippen LogP contribution is -1.81. The molecule has 2 aromatic rings. The van der Waals surface area contributed by atoms with E-state index in [9.17, 15) is 0 Å². The fraction of sp³-hybridized carbons (Fsp3) is 0. The number of halogens is 3. The Balaban J connectivity index is 2.82. The molecule has 68 valence electrons. The highest BCUT2D eigenvalue weighted by Gasteiger charge is 2.08. The van der Waals surface area contributed by atoms with Gasteiger partial charge in [-0.25, -0.2) is 9.97 Å². The normalized spacial score (nSPS) is 11.9. The van der Waals surface area contributed by atoms with Gasteiger partial charge in [0.05, 0.1) is 11.8 Å². The van der Waals surface area contributed by atoms with E-state index in [0.717, 1.165) is 5.52 Å². The summed E-state index contributed by atoms with van der Waals surface area (Å²) in [6.45, 7) is 0. The maximum Gasteiger partial charge on any atom is 0.158 e. The van der Waals surface area contributed by atoms with E-state index >= 15 is 0 Å². The van der Waals surface area contributed by atoms with E-state index in [2.05, 4.69) is 32.0 Å². The number of fused-ring (bicyclic) bond motifs is 1. The van der Waals surface area contributed by atoms with Crippen LogP contribution in [0.4, 0.5) is 0 Å². The summed E-state index contributed by atoms with van der Waals surface area (Å²) < 4.78 is 1.98. The largest absolute Gasteiger partial charge is 0.302 e. The molecule has 1 atom stereocenters. The average molecular weight is 346 g/mol. The van der Waals surface area contributed by atoms with Gasteiger partial charge in [0.1, 0.15) is 10.7 Å². The van der Waals surface area contributed by atoms with Crippen LogP contribution in [0.3, 0.4) is 0 Å². The molecule has 0 N–H and O–H groups in total. The van der Waals surface area contributed by atoms with Gasteiger partial charge in [-0.2, -0.15) is 0 Å². The van der Waals surface area contributed by atoms with Crippen LogP contribution in [0.2, 0.25) is 10.3 Å². The van der Waals surface area contributed by atoms with E-state index in [-0.39, 0.29) is 0 Å². The highest BCUT2D eigenvalue weighted by Crippen LogP contribution is 2.31. The van der Waals surface area contributed by atoms with Gasteiger partial charge in [0, 0.05) is 12.4 Å². The van der Waals surface area contributed by atoms with E-state index in [4.69, 9.17) is 23.2 Å². The van der Waals surface area contributed by atoms with Crippen LogP contribution in [0.15, 0.2) is 12.4 Å². The summed E-state index contributed by atoms with van der Waals surface area (Å²) in [4.78, 5) is 8.05. The van der Waals surface area contributed by atoms with Crippen molar-refractivity contribution in [3.05, 3.63) is 22.7 Å². The first-order chi connectivity index (χ1) is 6.22. The Morgan fingerprint density at radius 2 is 2.23 bits per heavy atom. The molecule has 0 saturated carbocycles. The summed E-state index contributed by atoms with van der Waals surface area (Å²) in [6.07, 6.45) is 2.32. The molecular weight excluding hydrogens is 343 g/mol. The van der Waals surface area contributed by atoms with Crippen LogP contribution in [0.1, 0.15) is 0 Å². The Hall–Kier alpha value is 0.360. The zero-order valence-electron chi connectivity index (χ0n) is 6.13. The summed E-state index contributed by atoms with van der Waals surface area (Å²) in [6, 6.07) is 1.77. The SMILES string of the molecule is Clc1cc2c(ncn2PI)c(Cl)n1. The summed E-state index contributed by atoms with van der Waals surface area (Å²) in [5.41, 5.74) is 1.63. The molecule has 0 spiro atoms. The van der Waals surface area contributed by atoms with Gasteiger partial charge in [0.15, 0.2) is 5.15 Å². The van der Waals surface area contributed by atoms with Crippen LogP contribution < -0.4 is 0 Å². The molecule has 0 aromatic carbocycles. The van der Waals surface area contributed by atoms with E-state index in [1.807, 2.05) is 4.34 Å². The lowest BCUT2D eigenvalue weighted by atomic mass is 10.4. The highest BCUT2D eigenvalue weighted by atomic mass is 127. The van der Waals surface area contributed by atoms with Crippen molar-refractivity contribution < 1.29 is 0 Å². The van der Waals surface area contributed by atoms with Crippen molar-refractivity contribution in [2.75, 3.05) is 0 Å². The first-order valence-electron chi connectivity index (χ1n) is 3.28. The van der Waals surface area contributed by atoms with Crippen molar-refractivity contribution >= 4 is 62.7 Å². The van der Waals surface area contributed by atoms with Gasteiger partial charge < -0.3 is 4.34 Å². The Kier molecular flexibility index (Phi) is 2.93. The molecule has 2 heterocycles. The van der Waals surface area contributed by atoms with Gasteiger partial charge in [-0.15, -0.1) is 0 Å². The fourth-order valence-corrected chi connectivity index (χ4v) is 3.00. The van der Waals surface area contributed by atoms with Gasteiger partial charge >= 0.3 is 0 Å². The molecule has 3 nitrogen and oxygen atoms in total.